The number of nitrogens with zero attached hydrogens (tertiary/aromatic N) is 1. The number of nitrogens with one attached hydrogen (secondary N) is 1. The molecule has 1 aromatic rings. The molecule has 1 saturated heterocycles. The third-order valence-corrected chi connectivity index (χ3v) is 4.10. The molecule has 0 spiro atoms. The molecule has 0 radical (unpaired) electrons. The normalized spacial score (nSPS) is 17.5. The minimum absolute atomic E-state index is 0.173. The second-order valence-corrected chi connectivity index (χ2v) is 5.68. The van der Waals surface area contributed by atoms with E-state index in [9.17, 15) is 4.79 Å². The van der Waals surface area contributed by atoms with E-state index in [0.717, 1.165) is 32.5 Å². The Hall–Kier alpha value is -1.55. The number of rotatable bonds is 5. The van der Waals surface area contributed by atoms with Crippen LogP contribution >= 0.6 is 0 Å². The van der Waals surface area contributed by atoms with Crippen molar-refractivity contribution in [3.05, 3.63) is 35.9 Å². The largest absolute Gasteiger partial charge is 0.450 e. The number of hydrogen-bond acceptors (Lipinski definition) is 3. The van der Waals surface area contributed by atoms with Crippen molar-refractivity contribution in [1.29, 1.82) is 0 Å². The Kier molecular flexibility index (Phi) is 6.05. The van der Waals surface area contributed by atoms with E-state index in [1.54, 1.807) is 0 Å². The van der Waals surface area contributed by atoms with E-state index in [-0.39, 0.29) is 6.09 Å². The van der Waals surface area contributed by atoms with Crippen LogP contribution < -0.4 is 5.32 Å². The van der Waals surface area contributed by atoms with Gasteiger partial charge in [-0.1, -0.05) is 37.3 Å². The smallest absolute Gasteiger partial charge is 0.409 e. The van der Waals surface area contributed by atoms with Crippen molar-refractivity contribution in [3.8, 4) is 0 Å². The van der Waals surface area contributed by atoms with Crippen LogP contribution in [0.1, 0.15) is 38.2 Å². The van der Waals surface area contributed by atoms with Crippen LogP contribution in [-0.2, 0) is 4.74 Å². The van der Waals surface area contributed by atoms with E-state index < -0.39 is 0 Å². The molecule has 1 heterocycles. The first-order valence-corrected chi connectivity index (χ1v) is 7.90. The summed E-state index contributed by atoms with van der Waals surface area (Å²) in [6.07, 6.45) is 1.83. The van der Waals surface area contributed by atoms with Crippen LogP contribution in [0.3, 0.4) is 0 Å². The molecule has 0 saturated carbocycles. The molecule has 0 unspecified atom stereocenters. The SMILES string of the molecule is CCOC(=O)N1CCC(NC[C@H](C)c2ccccc2)CC1. The first-order chi connectivity index (χ1) is 10.2. The molecule has 0 bridgehead atoms. The first kappa shape index (κ1) is 15.8. The van der Waals surface area contributed by atoms with Gasteiger partial charge in [0, 0.05) is 25.7 Å². The molecule has 21 heavy (non-hydrogen) atoms. The van der Waals surface area contributed by atoms with Gasteiger partial charge in [-0.3, -0.25) is 0 Å². The molecule has 1 N–H and O–H groups in total. The van der Waals surface area contributed by atoms with Gasteiger partial charge in [0.05, 0.1) is 6.61 Å². The van der Waals surface area contributed by atoms with Gasteiger partial charge in [0.2, 0.25) is 0 Å². The van der Waals surface area contributed by atoms with Crippen molar-refractivity contribution in [2.24, 2.45) is 0 Å². The number of likely N-dealkylation sites (tertiary alicyclic amines) is 1. The van der Waals surface area contributed by atoms with Gasteiger partial charge >= 0.3 is 6.09 Å². The van der Waals surface area contributed by atoms with Gasteiger partial charge in [-0.15, -0.1) is 0 Å². The standard InChI is InChI=1S/C17H26N2O2/c1-3-21-17(20)19-11-9-16(10-12-19)18-13-14(2)15-7-5-4-6-8-15/h4-8,14,16,18H,3,9-13H2,1-2H3/t14-/m0/s1. The zero-order valence-electron chi connectivity index (χ0n) is 13.0. The number of carbonyl (C=O) groups is 1. The van der Waals surface area contributed by atoms with Crippen LogP contribution in [0.15, 0.2) is 30.3 Å². The lowest BCUT2D eigenvalue weighted by atomic mass is 9.99. The van der Waals surface area contributed by atoms with Crippen LogP contribution in [0.5, 0.6) is 0 Å². The molecule has 1 aromatic carbocycles. The summed E-state index contributed by atoms with van der Waals surface area (Å²) in [6, 6.07) is 11.1. The molecule has 0 aromatic heterocycles. The number of ether oxygens (including phenoxy) is 1. The molecule has 1 atom stereocenters. The maximum Gasteiger partial charge on any atom is 0.409 e. The summed E-state index contributed by atoms with van der Waals surface area (Å²) in [5, 5.41) is 3.63. The lowest BCUT2D eigenvalue weighted by Gasteiger charge is -2.32. The van der Waals surface area contributed by atoms with Gasteiger partial charge in [0.15, 0.2) is 0 Å². The summed E-state index contributed by atoms with van der Waals surface area (Å²) in [5.41, 5.74) is 1.37. The number of carbonyl (C=O) groups excluding carboxylic acids is 1. The van der Waals surface area contributed by atoms with E-state index in [0.29, 0.717) is 18.6 Å². The number of piperidine rings is 1. The second-order valence-electron chi connectivity index (χ2n) is 5.68. The molecule has 1 fully saturated rings. The van der Waals surface area contributed by atoms with Crippen molar-refractivity contribution >= 4 is 6.09 Å². The Morgan fingerprint density at radius 1 is 1.33 bits per heavy atom. The zero-order valence-corrected chi connectivity index (χ0v) is 13.0. The van der Waals surface area contributed by atoms with Crippen LogP contribution in [0.25, 0.3) is 0 Å². The zero-order chi connectivity index (χ0) is 15.1. The predicted molar refractivity (Wildman–Crippen MR) is 84.5 cm³/mol. The first-order valence-electron chi connectivity index (χ1n) is 7.90. The van der Waals surface area contributed by atoms with Gasteiger partial charge in [-0.25, -0.2) is 4.79 Å². The number of amides is 1. The fourth-order valence-electron chi connectivity index (χ4n) is 2.72. The Bertz CT molecular complexity index is 428. The van der Waals surface area contributed by atoms with Crippen molar-refractivity contribution in [3.63, 3.8) is 0 Å². The maximum absolute atomic E-state index is 11.6. The Morgan fingerprint density at radius 2 is 2.00 bits per heavy atom. The highest BCUT2D eigenvalue weighted by molar-refractivity contribution is 5.67. The summed E-state index contributed by atoms with van der Waals surface area (Å²) in [5.74, 6) is 0.509. The van der Waals surface area contributed by atoms with E-state index in [4.69, 9.17) is 4.74 Å². The van der Waals surface area contributed by atoms with Gasteiger partial charge in [-0.2, -0.15) is 0 Å². The minimum atomic E-state index is -0.173. The monoisotopic (exact) mass is 290 g/mol. The summed E-state index contributed by atoms with van der Waals surface area (Å²) in [6.45, 7) is 7.10. The molecule has 4 nitrogen and oxygen atoms in total. The predicted octanol–water partition coefficient (Wildman–Crippen LogP) is 3.00. The Balaban J connectivity index is 1.70. The van der Waals surface area contributed by atoms with Crippen LogP contribution in [-0.4, -0.2) is 43.3 Å². The summed E-state index contributed by atoms with van der Waals surface area (Å²) >= 11 is 0. The van der Waals surface area contributed by atoms with Crippen LogP contribution in [0.4, 0.5) is 4.79 Å². The number of hydrogen-bond donors (Lipinski definition) is 1. The fraction of sp³-hybridized carbons (Fsp3) is 0.588. The minimum Gasteiger partial charge on any atom is -0.450 e. The van der Waals surface area contributed by atoms with E-state index in [1.165, 1.54) is 5.56 Å². The molecule has 116 valence electrons. The third kappa shape index (κ3) is 4.74. The van der Waals surface area contributed by atoms with Crippen LogP contribution in [0.2, 0.25) is 0 Å². The van der Waals surface area contributed by atoms with Gasteiger partial charge in [-0.05, 0) is 31.2 Å². The average Bonchev–Trinajstić information content (AvgIpc) is 2.54. The molecule has 4 heteroatoms. The molecule has 2 rings (SSSR count). The van der Waals surface area contributed by atoms with Crippen molar-refractivity contribution < 1.29 is 9.53 Å². The highest BCUT2D eigenvalue weighted by Gasteiger charge is 2.23. The summed E-state index contributed by atoms with van der Waals surface area (Å²) < 4.78 is 5.04. The third-order valence-electron chi connectivity index (χ3n) is 4.10. The molecular formula is C17H26N2O2. The second kappa shape index (κ2) is 8.03. The topological polar surface area (TPSA) is 41.6 Å². The Morgan fingerprint density at radius 3 is 2.62 bits per heavy atom. The van der Waals surface area contributed by atoms with E-state index in [1.807, 2.05) is 11.8 Å². The van der Waals surface area contributed by atoms with Gasteiger partial charge in [0.1, 0.15) is 0 Å². The number of benzene rings is 1. The van der Waals surface area contributed by atoms with E-state index in [2.05, 4.69) is 42.6 Å². The molecule has 0 aliphatic carbocycles. The lowest BCUT2D eigenvalue weighted by Crippen LogP contribution is -2.45. The van der Waals surface area contributed by atoms with E-state index >= 15 is 0 Å². The quantitative estimate of drug-likeness (QED) is 0.906. The fourth-order valence-corrected chi connectivity index (χ4v) is 2.72. The highest BCUT2D eigenvalue weighted by atomic mass is 16.6. The summed E-state index contributed by atoms with van der Waals surface area (Å²) in [4.78, 5) is 13.4. The molecule has 1 amide bonds. The highest BCUT2D eigenvalue weighted by Crippen LogP contribution is 2.16. The van der Waals surface area contributed by atoms with Gasteiger partial charge in [0.25, 0.3) is 0 Å². The van der Waals surface area contributed by atoms with Crippen LogP contribution in [0, 0.1) is 0 Å². The molecule has 1 aliphatic rings. The summed E-state index contributed by atoms with van der Waals surface area (Å²) in [7, 11) is 0. The molecular weight excluding hydrogens is 264 g/mol. The molecule has 1 aliphatic heterocycles. The Labute approximate surface area is 127 Å². The lowest BCUT2D eigenvalue weighted by molar-refractivity contribution is 0.0950. The maximum atomic E-state index is 11.6. The van der Waals surface area contributed by atoms with Crippen molar-refractivity contribution in [2.45, 2.75) is 38.6 Å². The van der Waals surface area contributed by atoms with Crippen molar-refractivity contribution in [2.75, 3.05) is 26.2 Å². The van der Waals surface area contributed by atoms with Gasteiger partial charge < -0.3 is 15.0 Å². The van der Waals surface area contributed by atoms with Crippen molar-refractivity contribution in [1.82, 2.24) is 10.2 Å². The average molecular weight is 290 g/mol.